The summed E-state index contributed by atoms with van der Waals surface area (Å²) in [5, 5.41) is 71.1. The van der Waals surface area contributed by atoms with Crippen LogP contribution in [0.15, 0.2) is 4.99 Å². The lowest BCUT2D eigenvalue weighted by Gasteiger charge is -2.29. The molecular formula is C39H63N15O18S2. The minimum Gasteiger partial charge on any atom is -0.481 e. The summed E-state index contributed by atoms with van der Waals surface area (Å²) >= 11 is 0. The van der Waals surface area contributed by atoms with Gasteiger partial charge in [-0.2, -0.15) is 0 Å². The highest BCUT2D eigenvalue weighted by atomic mass is 33.1. The molecule has 33 nitrogen and oxygen atoms in total. The van der Waals surface area contributed by atoms with Gasteiger partial charge in [0.2, 0.25) is 65.0 Å². The minimum absolute atomic E-state index is 0.00752. The first-order valence-corrected chi connectivity index (χ1v) is 25.0. The largest absolute Gasteiger partial charge is 0.481 e. The van der Waals surface area contributed by atoms with E-state index in [0.29, 0.717) is 0 Å². The SMILES string of the molecule is C[C@@H]1NC(=O)[C@@H]2CCCN2C(=O)[C@H](CO)NC(=O)[C@H](CC(=O)O)NC(=O)CNC(=O)[C@H](CCCN=C(N)N)NC(=O)CNC(=O)CNC(=O)[C@@H](N)CSSC[C@@H](C(=O)O)NC(=O)[C@H](CO)NC(=O)[C@H](CO)NC1=O. The van der Waals surface area contributed by atoms with Gasteiger partial charge < -0.3 is 101 Å². The first kappa shape index (κ1) is 63.0. The second-order valence-corrected chi connectivity index (χ2v) is 18.8. The first-order chi connectivity index (χ1) is 34.9. The Hall–Kier alpha value is -7.08. The van der Waals surface area contributed by atoms with E-state index in [0.717, 1.165) is 26.5 Å². The summed E-state index contributed by atoms with van der Waals surface area (Å²) in [6.07, 6.45) is -0.887. The van der Waals surface area contributed by atoms with Gasteiger partial charge in [0.1, 0.15) is 48.3 Å². The Bertz CT molecular complexity index is 2100. The maximum atomic E-state index is 13.7. The van der Waals surface area contributed by atoms with Crippen molar-refractivity contribution in [1.82, 2.24) is 58.1 Å². The lowest BCUT2D eigenvalue weighted by atomic mass is 10.1. The molecule has 414 valence electrons. The quantitative estimate of drug-likeness (QED) is 0.0418. The molecule has 0 aromatic carbocycles. The molecule has 74 heavy (non-hydrogen) atoms. The van der Waals surface area contributed by atoms with E-state index in [4.69, 9.17) is 17.2 Å². The van der Waals surface area contributed by atoms with Crippen LogP contribution < -0.4 is 70.4 Å². The van der Waals surface area contributed by atoms with Crippen molar-refractivity contribution in [3.63, 3.8) is 0 Å². The van der Waals surface area contributed by atoms with Crippen LogP contribution in [0.2, 0.25) is 0 Å². The van der Waals surface area contributed by atoms with Crippen LogP contribution in [0.1, 0.15) is 39.0 Å². The Morgan fingerprint density at radius 2 is 1.15 bits per heavy atom. The number of rotatable bonds is 10. The summed E-state index contributed by atoms with van der Waals surface area (Å²) in [6, 6.07) is -14.4. The minimum atomic E-state index is -1.92. The molecule has 2 fully saturated rings. The molecule has 2 aliphatic rings. The van der Waals surface area contributed by atoms with Gasteiger partial charge in [-0.05, 0) is 32.6 Å². The molecule has 0 unspecified atom stereocenters. The van der Waals surface area contributed by atoms with Gasteiger partial charge >= 0.3 is 11.9 Å². The lowest BCUT2D eigenvalue weighted by Crippen LogP contribution is -2.60. The number of nitrogens with two attached hydrogens (primary N) is 3. The van der Waals surface area contributed by atoms with Crippen molar-refractivity contribution in [1.29, 1.82) is 0 Å². The fraction of sp³-hybridized carbons (Fsp3) is 0.641. The van der Waals surface area contributed by atoms with Gasteiger partial charge in [-0.3, -0.25) is 62.5 Å². The number of aliphatic carboxylic acids is 2. The summed E-state index contributed by atoms with van der Waals surface area (Å²) in [5.41, 5.74) is 16.6. The van der Waals surface area contributed by atoms with Crippen LogP contribution in [0.3, 0.4) is 0 Å². The molecule has 0 aromatic rings. The van der Waals surface area contributed by atoms with Gasteiger partial charge in [-0.1, -0.05) is 21.6 Å². The summed E-state index contributed by atoms with van der Waals surface area (Å²) in [4.78, 5) is 172. The summed E-state index contributed by atoms with van der Waals surface area (Å²) in [5.74, 6) is -15.4. The molecule has 0 saturated carbocycles. The number of aliphatic hydroxyl groups is 3. The highest BCUT2D eigenvalue weighted by Crippen LogP contribution is 2.23. The molecule has 0 radical (unpaired) electrons. The molecule has 21 N–H and O–H groups in total. The average Bonchev–Trinajstić information content (AvgIpc) is 3.85. The molecule has 2 aliphatic heterocycles. The Morgan fingerprint density at radius 3 is 1.74 bits per heavy atom. The van der Waals surface area contributed by atoms with E-state index in [2.05, 4.69) is 58.2 Å². The number of carbonyl (C=O) groups is 13. The van der Waals surface area contributed by atoms with Crippen LogP contribution in [-0.2, 0) is 62.3 Å². The number of hydrogen-bond donors (Lipinski definition) is 18. The predicted molar refractivity (Wildman–Crippen MR) is 257 cm³/mol. The second-order valence-electron chi connectivity index (χ2n) is 16.2. The van der Waals surface area contributed by atoms with Crippen molar-refractivity contribution in [2.45, 2.75) is 93.4 Å². The molecule has 9 atom stereocenters. The molecule has 0 aliphatic carbocycles. The molecule has 0 bridgehead atoms. The number of carboxylic acids is 2. The summed E-state index contributed by atoms with van der Waals surface area (Å²) < 4.78 is 0. The number of carbonyl (C=O) groups excluding carboxylic acids is 11. The van der Waals surface area contributed by atoms with E-state index >= 15 is 0 Å². The van der Waals surface area contributed by atoms with E-state index in [9.17, 15) is 87.9 Å². The number of fused-ring (bicyclic) bond motifs is 1. The molecule has 2 saturated heterocycles. The normalized spacial score (nSPS) is 27.0. The van der Waals surface area contributed by atoms with Crippen LogP contribution in [0.4, 0.5) is 0 Å². The smallest absolute Gasteiger partial charge is 0.327 e. The van der Waals surface area contributed by atoms with Crippen LogP contribution in [0, 0.1) is 0 Å². The number of aliphatic imine (C=N–C) groups is 1. The van der Waals surface area contributed by atoms with E-state index < -0.39 is 177 Å². The fourth-order valence-electron chi connectivity index (χ4n) is 6.53. The monoisotopic (exact) mass is 1090 g/mol. The topological polar surface area (TPSA) is 537 Å². The highest BCUT2D eigenvalue weighted by molar-refractivity contribution is 8.76. The standard InChI is InChI=1S/C39H63N15O18S2/c1-17-30(63)50-21(12-55)34(67)51-22(13-56)35(68)53-24(38(71)72)16-74-73-15-18(40)31(64)45-9-26(58)44-10-27(59)48-19(4-2-6-43-39(41)42)32(65)46-11-28(60)49-20(8-29(61)62)33(66)52-23(14-57)37(70)54-7-3-5-25(54)36(69)47-17/h17-25,55-57H,2-16,40H2,1H3,(H,44,58)(H,45,64)(H,46,65)(H,47,69)(H,48,59)(H,49,60)(H,50,63)(H,51,67)(H,52,66)(H,53,68)(H,61,62)(H,71,72)(H4,41,42,43)/t17-,18-,19-,20-,21-,22-,23-,24-,25-/m0/s1. The maximum Gasteiger partial charge on any atom is 0.327 e. The molecule has 11 amide bonds. The highest BCUT2D eigenvalue weighted by Gasteiger charge is 2.40. The number of amides is 11. The van der Waals surface area contributed by atoms with Crippen molar-refractivity contribution < 1.29 is 87.9 Å². The number of hydrogen-bond acceptors (Lipinski definition) is 20. The van der Waals surface area contributed by atoms with Crippen molar-refractivity contribution in [3.8, 4) is 0 Å². The predicted octanol–water partition coefficient (Wildman–Crippen LogP) is -10.9. The lowest BCUT2D eigenvalue weighted by molar-refractivity contribution is -0.144. The number of nitrogens with zero attached hydrogens (tertiary/aromatic N) is 2. The Balaban J connectivity index is 2.38. The van der Waals surface area contributed by atoms with Crippen LogP contribution in [0.5, 0.6) is 0 Å². The van der Waals surface area contributed by atoms with Gasteiger partial charge in [0, 0.05) is 24.6 Å². The van der Waals surface area contributed by atoms with Crippen molar-refractivity contribution in [3.05, 3.63) is 0 Å². The van der Waals surface area contributed by atoms with Crippen molar-refractivity contribution in [2.24, 2.45) is 22.2 Å². The molecule has 35 heteroatoms. The Morgan fingerprint density at radius 1 is 0.622 bits per heavy atom. The third-order valence-electron chi connectivity index (χ3n) is 10.5. The van der Waals surface area contributed by atoms with Crippen molar-refractivity contribution >= 4 is 104 Å². The van der Waals surface area contributed by atoms with Gasteiger partial charge in [-0.25, -0.2) is 4.79 Å². The molecule has 0 spiro atoms. The van der Waals surface area contributed by atoms with Gasteiger partial charge in [-0.15, -0.1) is 0 Å². The van der Waals surface area contributed by atoms with E-state index in [-0.39, 0.29) is 56.2 Å². The van der Waals surface area contributed by atoms with E-state index in [1.165, 1.54) is 6.92 Å². The fourth-order valence-corrected chi connectivity index (χ4v) is 8.81. The summed E-state index contributed by atoms with van der Waals surface area (Å²) in [7, 11) is 1.76. The average molecular weight is 1090 g/mol. The van der Waals surface area contributed by atoms with Crippen molar-refractivity contribution in [2.75, 3.05) is 64.1 Å². The number of carboxylic acid groups (broad SMARTS) is 2. The van der Waals surface area contributed by atoms with Crippen LogP contribution in [-0.4, -0.2) is 232 Å². The molecule has 2 heterocycles. The number of guanidine groups is 1. The summed E-state index contributed by atoms with van der Waals surface area (Å²) in [6.45, 7) is -4.50. The molecule has 2 rings (SSSR count). The third-order valence-corrected chi connectivity index (χ3v) is 12.9. The number of nitrogens with one attached hydrogen (secondary N) is 10. The second kappa shape index (κ2) is 32.2. The number of aliphatic hydroxyl groups excluding tert-OH is 3. The van der Waals surface area contributed by atoms with Crippen LogP contribution >= 0.6 is 21.6 Å². The maximum absolute atomic E-state index is 13.7. The zero-order valence-electron chi connectivity index (χ0n) is 39.8. The van der Waals surface area contributed by atoms with Gasteiger partial charge in [0.15, 0.2) is 5.96 Å². The zero-order chi connectivity index (χ0) is 55.7. The van der Waals surface area contributed by atoms with Crippen LogP contribution in [0.25, 0.3) is 0 Å². The third kappa shape index (κ3) is 22.0. The zero-order valence-corrected chi connectivity index (χ0v) is 41.4. The first-order valence-electron chi connectivity index (χ1n) is 22.5. The Labute approximate surface area is 428 Å². The molecular weight excluding hydrogens is 1030 g/mol. The Kier molecular flexibility index (Phi) is 27.4. The van der Waals surface area contributed by atoms with E-state index in [1.807, 2.05) is 0 Å². The molecule has 0 aromatic heterocycles. The van der Waals surface area contributed by atoms with Gasteiger partial charge in [0.05, 0.1) is 51.9 Å². The van der Waals surface area contributed by atoms with E-state index in [1.54, 1.807) is 0 Å². The van der Waals surface area contributed by atoms with Gasteiger partial charge in [0.25, 0.3) is 0 Å².